The zero-order chi connectivity index (χ0) is 10.6. The third-order valence-corrected chi connectivity index (χ3v) is 2.69. The number of hydrazine groups is 1. The Morgan fingerprint density at radius 3 is 3.07 bits per heavy atom. The van der Waals surface area contributed by atoms with E-state index in [1.165, 1.54) is 0 Å². The van der Waals surface area contributed by atoms with Crippen LogP contribution in [0.25, 0.3) is 0 Å². The number of likely N-dealkylation sites (tertiary alicyclic amines) is 1. The summed E-state index contributed by atoms with van der Waals surface area (Å²) in [5.41, 5.74) is 2.12. The maximum absolute atomic E-state index is 11.0. The zero-order valence-electron chi connectivity index (χ0n) is 8.57. The molecule has 82 valence electrons. The summed E-state index contributed by atoms with van der Waals surface area (Å²) in [6, 6.07) is 0.147. The SMILES string of the molecule is CC(CC(=O)NN)N1CCCC(O)C1. The predicted octanol–water partition coefficient (Wildman–Crippen LogP) is -0.788. The van der Waals surface area contributed by atoms with Crippen LogP contribution in [0.5, 0.6) is 0 Å². The summed E-state index contributed by atoms with van der Waals surface area (Å²) in [4.78, 5) is 13.1. The Labute approximate surface area is 84.2 Å². The molecule has 5 nitrogen and oxygen atoms in total. The van der Waals surface area contributed by atoms with Gasteiger partial charge in [0.05, 0.1) is 6.10 Å². The summed E-state index contributed by atoms with van der Waals surface area (Å²) in [5.74, 6) is 4.85. The van der Waals surface area contributed by atoms with E-state index >= 15 is 0 Å². The zero-order valence-corrected chi connectivity index (χ0v) is 8.57. The van der Waals surface area contributed by atoms with Crippen LogP contribution < -0.4 is 11.3 Å². The minimum absolute atomic E-state index is 0.147. The summed E-state index contributed by atoms with van der Waals surface area (Å²) in [6.07, 6.45) is 2.01. The molecule has 14 heavy (non-hydrogen) atoms. The first-order valence-electron chi connectivity index (χ1n) is 5.05. The molecule has 1 heterocycles. The molecule has 1 aliphatic rings. The van der Waals surface area contributed by atoms with Crippen molar-refractivity contribution in [2.45, 2.75) is 38.3 Å². The van der Waals surface area contributed by atoms with Crippen LogP contribution in [-0.2, 0) is 4.79 Å². The molecule has 1 aliphatic heterocycles. The number of nitrogens with one attached hydrogen (secondary N) is 1. The molecule has 0 aliphatic carbocycles. The normalized spacial score (nSPS) is 25.8. The molecule has 0 spiro atoms. The molecule has 0 aromatic carbocycles. The molecule has 0 aromatic heterocycles. The lowest BCUT2D eigenvalue weighted by Crippen LogP contribution is -2.45. The molecule has 2 atom stereocenters. The van der Waals surface area contributed by atoms with E-state index in [-0.39, 0.29) is 18.1 Å². The Balaban J connectivity index is 2.35. The Bertz CT molecular complexity index is 198. The van der Waals surface area contributed by atoms with Crippen molar-refractivity contribution in [2.75, 3.05) is 13.1 Å². The number of aliphatic hydroxyl groups is 1. The van der Waals surface area contributed by atoms with Crippen molar-refractivity contribution < 1.29 is 9.90 Å². The van der Waals surface area contributed by atoms with Gasteiger partial charge in [-0.25, -0.2) is 5.84 Å². The van der Waals surface area contributed by atoms with Crippen LogP contribution in [-0.4, -0.2) is 41.1 Å². The maximum Gasteiger partial charge on any atom is 0.235 e. The minimum atomic E-state index is -0.243. The lowest BCUT2D eigenvalue weighted by Gasteiger charge is -2.34. The van der Waals surface area contributed by atoms with Crippen molar-refractivity contribution >= 4 is 5.91 Å². The van der Waals surface area contributed by atoms with Gasteiger partial charge in [0.2, 0.25) is 5.91 Å². The standard InChI is InChI=1S/C9H19N3O2/c1-7(5-9(14)11-10)12-4-2-3-8(13)6-12/h7-8,13H,2-6,10H2,1H3,(H,11,14). The van der Waals surface area contributed by atoms with Crippen molar-refractivity contribution in [1.82, 2.24) is 10.3 Å². The van der Waals surface area contributed by atoms with Crippen LogP contribution in [0.2, 0.25) is 0 Å². The number of aliphatic hydroxyl groups excluding tert-OH is 1. The van der Waals surface area contributed by atoms with Crippen LogP contribution in [0.15, 0.2) is 0 Å². The van der Waals surface area contributed by atoms with Gasteiger partial charge in [0.1, 0.15) is 0 Å². The lowest BCUT2D eigenvalue weighted by molar-refractivity contribution is -0.122. The van der Waals surface area contributed by atoms with Gasteiger partial charge in [-0.15, -0.1) is 0 Å². The summed E-state index contributed by atoms with van der Waals surface area (Å²) in [7, 11) is 0. The number of carbonyl (C=O) groups is 1. The first-order chi connectivity index (χ1) is 6.63. The molecule has 1 saturated heterocycles. The molecule has 0 saturated carbocycles. The highest BCUT2D eigenvalue weighted by Crippen LogP contribution is 2.14. The van der Waals surface area contributed by atoms with Gasteiger partial charge in [0, 0.05) is 19.0 Å². The van der Waals surface area contributed by atoms with E-state index in [9.17, 15) is 9.90 Å². The van der Waals surface area contributed by atoms with E-state index in [1.807, 2.05) is 6.92 Å². The van der Waals surface area contributed by atoms with Gasteiger partial charge in [-0.1, -0.05) is 0 Å². The van der Waals surface area contributed by atoms with Crippen molar-refractivity contribution in [3.8, 4) is 0 Å². The molecule has 0 bridgehead atoms. The number of nitrogens with zero attached hydrogens (tertiary/aromatic N) is 1. The summed E-state index contributed by atoms with van der Waals surface area (Å²) < 4.78 is 0. The third-order valence-electron chi connectivity index (χ3n) is 2.69. The Morgan fingerprint density at radius 2 is 2.50 bits per heavy atom. The largest absolute Gasteiger partial charge is 0.392 e. The predicted molar refractivity (Wildman–Crippen MR) is 53.2 cm³/mol. The third kappa shape index (κ3) is 3.25. The number of piperidine rings is 1. The fraction of sp³-hybridized carbons (Fsp3) is 0.889. The second-order valence-corrected chi connectivity index (χ2v) is 3.91. The highest BCUT2D eigenvalue weighted by Gasteiger charge is 2.23. The topological polar surface area (TPSA) is 78.6 Å². The fourth-order valence-corrected chi connectivity index (χ4v) is 1.84. The van der Waals surface area contributed by atoms with E-state index < -0.39 is 0 Å². The monoisotopic (exact) mass is 201 g/mol. The smallest absolute Gasteiger partial charge is 0.235 e. The Kier molecular flexibility index (Phi) is 4.31. The molecule has 1 amide bonds. The van der Waals surface area contributed by atoms with Gasteiger partial charge < -0.3 is 5.11 Å². The Morgan fingerprint density at radius 1 is 1.79 bits per heavy atom. The van der Waals surface area contributed by atoms with Crippen LogP contribution in [0.1, 0.15) is 26.2 Å². The van der Waals surface area contributed by atoms with Gasteiger partial charge in [0.25, 0.3) is 0 Å². The van der Waals surface area contributed by atoms with Crippen LogP contribution >= 0.6 is 0 Å². The number of carbonyl (C=O) groups excluding carboxylic acids is 1. The molecule has 2 unspecified atom stereocenters. The van der Waals surface area contributed by atoms with Gasteiger partial charge in [0.15, 0.2) is 0 Å². The molecular formula is C9H19N3O2. The van der Waals surface area contributed by atoms with Gasteiger partial charge in [-0.2, -0.15) is 0 Å². The van der Waals surface area contributed by atoms with E-state index in [0.29, 0.717) is 13.0 Å². The second-order valence-electron chi connectivity index (χ2n) is 3.91. The van der Waals surface area contributed by atoms with E-state index in [0.717, 1.165) is 19.4 Å². The van der Waals surface area contributed by atoms with Crippen molar-refractivity contribution in [1.29, 1.82) is 0 Å². The van der Waals surface area contributed by atoms with Gasteiger partial charge in [-0.05, 0) is 26.3 Å². The highest BCUT2D eigenvalue weighted by molar-refractivity contribution is 5.75. The maximum atomic E-state index is 11.0. The van der Waals surface area contributed by atoms with Crippen LogP contribution in [0, 0.1) is 0 Å². The summed E-state index contributed by atoms with van der Waals surface area (Å²) in [6.45, 7) is 3.60. The molecule has 4 N–H and O–H groups in total. The van der Waals surface area contributed by atoms with Gasteiger partial charge >= 0.3 is 0 Å². The number of rotatable bonds is 3. The molecule has 5 heteroatoms. The quantitative estimate of drug-likeness (QED) is 0.318. The number of hydrogen-bond donors (Lipinski definition) is 3. The first-order valence-corrected chi connectivity index (χ1v) is 5.05. The van der Waals surface area contributed by atoms with E-state index in [1.54, 1.807) is 0 Å². The highest BCUT2D eigenvalue weighted by atomic mass is 16.3. The van der Waals surface area contributed by atoms with Crippen molar-refractivity contribution in [3.05, 3.63) is 0 Å². The average Bonchev–Trinajstić information content (AvgIpc) is 2.17. The molecule has 0 aromatic rings. The number of nitrogens with two attached hydrogens (primary N) is 1. The minimum Gasteiger partial charge on any atom is -0.392 e. The number of hydrogen-bond acceptors (Lipinski definition) is 4. The first kappa shape index (κ1) is 11.4. The molecule has 1 rings (SSSR count). The van der Waals surface area contributed by atoms with Crippen molar-refractivity contribution in [2.24, 2.45) is 5.84 Å². The molecular weight excluding hydrogens is 182 g/mol. The Hall–Kier alpha value is -0.650. The van der Waals surface area contributed by atoms with Crippen molar-refractivity contribution in [3.63, 3.8) is 0 Å². The van der Waals surface area contributed by atoms with Crippen LogP contribution in [0.4, 0.5) is 0 Å². The molecule has 1 fully saturated rings. The summed E-state index contributed by atoms with van der Waals surface area (Å²) in [5, 5.41) is 9.45. The van der Waals surface area contributed by atoms with E-state index in [4.69, 9.17) is 5.84 Å². The number of amides is 1. The van der Waals surface area contributed by atoms with E-state index in [2.05, 4.69) is 10.3 Å². The average molecular weight is 201 g/mol. The lowest BCUT2D eigenvalue weighted by atomic mass is 10.1. The second kappa shape index (κ2) is 5.29. The summed E-state index contributed by atoms with van der Waals surface area (Å²) >= 11 is 0. The van der Waals surface area contributed by atoms with Gasteiger partial charge in [-0.3, -0.25) is 15.1 Å². The van der Waals surface area contributed by atoms with Crippen LogP contribution in [0.3, 0.4) is 0 Å². The molecule has 0 radical (unpaired) electrons. The number of β-amino-alcohol motifs (C(OH)–C–C–N with tert-alkyl or cyclic N) is 1. The fourth-order valence-electron chi connectivity index (χ4n) is 1.84.